The molecule has 0 radical (unpaired) electrons. The molecule has 0 aliphatic carbocycles. The van der Waals surface area contributed by atoms with E-state index in [1.165, 1.54) is 4.90 Å². The number of carbonyl (C=O) groups is 2. The summed E-state index contributed by atoms with van der Waals surface area (Å²) in [5.74, 6) is -1.17. The van der Waals surface area contributed by atoms with Crippen molar-refractivity contribution >= 4 is 30.2 Å². The van der Waals surface area contributed by atoms with E-state index in [1.54, 1.807) is 6.92 Å². The third-order valence-corrected chi connectivity index (χ3v) is 3.51. The highest BCUT2D eigenvalue weighted by Crippen LogP contribution is 2.26. The van der Waals surface area contributed by atoms with Crippen molar-refractivity contribution in [3.63, 3.8) is 0 Å². The highest BCUT2D eigenvalue weighted by molar-refractivity contribution is 7.80. The smallest absolute Gasteiger partial charge is 0.323 e. The lowest BCUT2D eigenvalue weighted by Gasteiger charge is -2.27. The van der Waals surface area contributed by atoms with Gasteiger partial charge in [-0.1, -0.05) is 25.1 Å². The second-order valence-corrected chi connectivity index (χ2v) is 5.01. The number of aliphatic carboxylic acids is 1. The Bertz CT molecular complexity index is 467. The number of para-hydroxylation sites is 1. The standard InChI is InChI=1S/C14H19NO3S/c1-9-5-4-6-10(2)13(9)15(7-12(16)17)14(18)11(3)8-19/h4-6,11,19H,7-8H2,1-3H3,(H,16,17)/t11-/m0/s1. The van der Waals surface area contributed by atoms with Crippen molar-refractivity contribution < 1.29 is 14.7 Å². The zero-order valence-electron chi connectivity index (χ0n) is 11.4. The Morgan fingerprint density at radius 1 is 1.32 bits per heavy atom. The van der Waals surface area contributed by atoms with Gasteiger partial charge in [-0.3, -0.25) is 9.59 Å². The van der Waals surface area contributed by atoms with E-state index in [2.05, 4.69) is 12.6 Å². The summed E-state index contributed by atoms with van der Waals surface area (Å²) in [5, 5.41) is 9.02. The quantitative estimate of drug-likeness (QED) is 0.814. The van der Waals surface area contributed by atoms with E-state index in [4.69, 9.17) is 5.11 Å². The molecular weight excluding hydrogens is 262 g/mol. The fourth-order valence-electron chi connectivity index (χ4n) is 1.98. The molecule has 1 aromatic carbocycles. The zero-order chi connectivity index (χ0) is 14.6. The van der Waals surface area contributed by atoms with Crippen LogP contribution in [-0.2, 0) is 9.59 Å². The zero-order valence-corrected chi connectivity index (χ0v) is 12.3. The predicted octanol–water partition coefficient (Wildman–Crippen LogP) is 2.29. The molecular formula is C14H19NO3S. The summed E-state index contributed by atoms with van der Waals surface area (Å²) in [6.07, 6.45) is 0. The lowest BCUT2D eigenvalue weighted by atomic mass is 10.1. The number of carboxylic acids is 1. The first kappa shape index (κ1) is 15.6. The van der Waals surface area contributed by atoms with Gasteiger partial charge in [0, 0.05) is 11.7 Å². The molecule has 0 spiro atoms. The number of nitrogens with zero attached hydrogens (tertiary/aromatic N) is 1. The van der Waals surface area contributed by atoms with Crippen LogP contribution in [0.4, 0.5) is 5.69 Å². The topological polar surface area (TPSA) is 57.6 Å². The van der Waals surface area contributed by atoms with Crippen LogP contribution in [0, 0.1) is 19.8 Å². The Kier molecular flexibility index (Phi) is 5.42. The van der Waals surface area contributed by atoms with E-state index in [0.29, 0.717) is 11.4 Å². The number of hydrogen-bond acceptors (Lipinski definition) is 3. The van der Waals surface area contributed by atoms with Crippen molar-refractivity contribution in [3.8, 4) is 0 Å². The highest BCUT2D eigenvalue weighted by Gasteiger charge is 2.25. The van der Waals surface area contributed by atoms with Crippen molar-refractivity contribution in [1.29, 1.82) is 0 Å². The largest absolute Gasteiger partial charge is 0.480 e. The highest BCUT2D eigenvalue weighted by atomic mass is 32.1. The fraction of sp³-hybridized carbons (Fsp3) is 0.429. The van der Waals surface area contributed by atoms with E-state index < -0.39 is 5.97 Å². The van der Waals surface area contributed by atoms with Gasteiger partial charge in [-0.15, -0.1) is 0 Å². The molecule has 4 nitrogen and oxygen atoms in total. The van der Waals surface area contributed by atoms with Crippen LogP contribution >= 0.6 is 12.6 Å². The second-order valence-electron chi connectivity index (χ2n) is 4.64. The number of benzene rings is 1. The minimum atomic E-state index is -1.03. The minimum Gasteiger partial charge on any atom is -0.480 e. The van der Waals surface area contributed by atoms with Gasteiger partial charge < -0.3 is 10.0 Å². The lowest BCUT2D eigenvalue weighted by molar-refractivity contribution is -0.137. The SMILES string of the molecule is Cc1cccc(C)c1N(CC(=O)O)C(=O)[C@@H](C)CS. The van der Waals surface area contributed by atoms with Gasteiger partial charge in [0.05, 0.1) is 5.69 Å². The number of hydrogen-bond donors (Lipinski definition) is 2. The second kappa shape index (κ2) is 6.61. The van der Waals surface area contributed by atoms with Gasteiger partial charge >= 0.3 is 5.97 Å². The molecule has 1 amide bonds. The van der Waals surface area contributed by atoms with Crippen molar-refractivity contribution in [2.45, 2.75) is 20.8 Å². The maximum absolute atomic E-state index is 12.3. The Morgan fingerprint density at radius 2 is 1.84 bits per heavy atom. The first-order valence-electron chi connectivity index (χ1n) is 6.08. The van der Waals surface area contributed by atoms with Crippen LogP contribution < -0.4 is 4.90 Å². The number of amides is 1. The molecule has 0 saturated heterocycles. The molecule has 0 unspecified atom stereocenters. The Labute approximate surface area is 118 Å². The summed E-state index contributed by atoms with van der Waals surface area (Å²) < 4.78 is 0. The summed E-state index contributed by atoms with van der Waals surface area (Å²) in [7, 11) is 0. The van der Waals surface area contributed by atoms with Crippen LogP contribution in [0.2, 0.25) is 0 Å². The summed E-state index contributed by atoms with van der Waals surface area (Å²) in [6, 6.07) is 5.63. The minimum absolute atomic E-state index is 0.213. The first-order valence-corrected chi connectivity index (χ1v) is 6.72. The molecule has 19 heavy (non-hydrogen) atoms. The molecule has 0 saturated carbocycles. The number of carboxylic acid groups (broad SMARTS) is 1. The molecule has 0 heterocycles. The molecule has 0 aliphatic rings. The maximum atomic E-state index is 12.3. The molecule has 1 atom stereocenters. The third-order valence-electron chi connectivity index (χ3n) is 2.96. The molecule has 104 valence electrons. The normalized spacial score (nSPS) is 12.0. The Morgan fingerprint density at radius 3 is 2.26 bits per heavy atom. The summed E-state index contributed by atoms with van der Waals surface area (Å²) in [5.41, 5.74) is 2.46. The Hall–Kier alpha value is -1.49. The molecule has 5 heteroatoms. The van der Waals surface area contributed by atoms with Crippen LogP contribution in [0.3, 0.4) is 0 Å². The molecule has 1 aromatic rings. The Balaban J connectivity index is 3.24. The van der Waals surface area contributed by atoms with Crippen LogP contribution in [0.15, 0.2) is 18.2 Å². The number of rotatable bonds is 5. The van der Waals surface area contributed by atoms with Gasteiger partial charge in [0.25, 0.3) is 0 Å². The van der Waals surface area contributed by atoms with Crippen LogP contribution in [0.1, 0.15) is 18.1 Å². The fourth-order valence-corrected chi connectivity index (χ4v) is 2.13. The van der Waals surface area contributed by atoms with Crippen molar-refractivity contribution in [1.82, 2.24) is 0 Å². The van der Waals surface area contributed by atoms with E-state index in [9.17, 15) is 9.59 Å². The van der Waals surface area contributed by atoms with Crippen molar-refractivity contribution in [3.05, 3.63) is 29.3 Å². The van der Waals surface area contributed by atoms with E-state index in [0.717, 1.165) is 11.1 Å². The summed E-state index contributed by atoms with van der Waals surface area (Å²) in [4.78, 5) is 24.7. The van der Waals surface area contributed by atoms with Crippen LogP contribution in [0.25, 0.3) is 0 Å². The molecule has 0 fully saturated rings. The number of carbonyl (C=O) groups excluding carboxylic acids is 1. The van der Waals surface area contributed by atoms with Gasteiger partial charge in [-0.2, -0.15) is 12.6 Å². The molecule has 0 aromatic heterocycles. The van der Waals surface area contributed by atoms with E-state index in [1.807, 2.05) is 32.0 Å². The van der Waals surface area contributed by atoms with E-state index in [-0.39, 0.29) is 18.4 Å². The molecule has 1 N–H and O–H groups in total. The van der Waals surface area contributed by atoms with Crippen molar-refractivity contribution in [2.24, 2.45) is 5.92 Å². The maximum Gasteiger partial charge on any atom is 0.323 e. The number of thiol groups is 1. The van der Waals surface area contributed by atoms with Crippen molar-refractivity contribution in [2.75, 3.05) is 17.2 Å². The summed E-state index contributed by atoms with van der Waals surface area (Å²) in [6.45, 7) is 5.16. The average molecular weight is 281 g/mol. The van der Waals surface area contributed by atoms with Gasteiger partial charge in [-0.05, 0) is 25.0 Å². The monoisotopic (exact) mass is 281 g/mol. The van der Waals surface area contributed by atoms with Gasteiger partial charge in [0.2, 0.25) is 5.91 Å². The predicted molar refractivity (Wildman–Crippen MR) is 78.9 cm³/mol. The van der Waals surface area contributed by atoms with E-state index >= 15 is 0 Å². The molecule has 0 aliphatic heterocycles. The third kappa shape index (κ3) is 3.73. The van der Waals surface area contributed by atoms with Crippen LogP contribution in [0.5, 0.6) is 0 Å². The molecule has 1 rings (SSSR count). The lowest BCUT2D eigenvalue weighted by Crippen LogP contribution is -2.40. The number of aryl methyl sites for hydroxylation is 2. The van der Waals surface area contributed by atoms with Gasteiger partial charge in [0.1, 0.15) is 6.54 Å². The van der Waals surface area contributed by atoms with Crippen LogP contribution in [-0.4, -0.2) is 29.3 Å². The number of anilines is 1. The van der Waals surface area contributed by atoms with Gasteiger partial charge in [0.15, 0.2) is 0 Å². The first-order chi connectivity index (χ1) is 8.88. The average Bonchev–Trinajstić information content (AvgIpc) is 2.35. The van der Waals surface area contributed by atoms with Gasteiger partial charge in [-0.25, -0.2) is 0 Å². The molecule has 0 bridgehead atoms. The summed E-state index contributed by atoms with van der Waals surface area (Å²) >= 11 is 4.11.